The molecule has 7 heteroatoms. The molecule has 0 saturated carbocycles. The van der Waals surface area contributed by atoms with Crippen LogP contribution in [-0.4, -0.2) is 0 Å². The van der Waals surface area contributed by atoms with E-state index < -0.39 is 40.4 Å². The third-order valence-corrected chi connectivity index (χ3v) is 6.01. The number of rotatable bonds is 6. The third-order valence-electron chi connectivity index (χ3n) is 6.01. The predicted octanol–water partition coefficient (Wildman–Crippen LogP) is 9.48. The molecule has 0 N–H and O–H groups in total. The Morgan fingerprint density at radius 2 is 1.29 bits per heavy atom. The van der Waals surface area contributed by atoms with Gasteiger partial charge in [0, 0.05) is 16.5 Å². The third kappa shape index (κ3) is 5.04. The zero-order chi connectivity index (χ0) is 25.3. The number of unbranched alkanes of at least 4 members (excludes halogenated alkanes) is 2. The summed E-state index contributed by atoms with van der Waals surface area (Å²) < 4.78 is 97.0. The Balaban J connectivity index is 1.67. The second kappa shape index (κ2) is 9.72. The monoisotopic (exact) mass is 490 g/mol. The van der Waals surface area contributed by atoms with Gasteiger partial charge in [-0.2, -0.15) is 13.2 Å². The molecule has 0 amide bonds. The fourth-order valence-corrected chi connectivity index (χ4v) is 4.20. The highest BCUT2D eigenvalue weighted by Crippen LogP contribution is 2.38. The summed E-state index contributed by atoms with van der Waals surface area (Å²) >= 11 is 0. The molecule has 35 heavy (non-hydrogen) atoms. The first-order valence-corrected chi connectivity index (χ1v) is 11.2. The van der Waals surface area contributed by atoms with Crippen LogP contribution >= 0.6 is 0 Å². The lowest BCUT2D eigenvalue weighted by Gasteiger charge is -2.13. The van der Waals surface area contributed by atoms with E-state index in [1.54, 1.807) is 6.07 Å². The number of fused-ring (bicyclic) bond motifs is 1. The fourth-order valence-electron chi connectivity index (χ4n) is 4.20. The van der Waals surface area contributed by atoms with Gasteiger partial charge in [0.15, 0.2) is 0 Å². The second-order valence-electron chi connectivity index (χ2n) is 8.45. The molecule has 0 saturated heterocycles. The first-order chi connectivity index (χ1) is 16.6. The zero-order valence-corrected chi connectivity index (χ0v) is 18.7. The van der Waals surface area contributed by atoms with Crippen LogP contribution in [-0.2, 0) is 12.6 Å². The molecule has 0 atom stereocenters. The van der Waals surface area contributed by atoms with E-state index in [1.165, 1.54) is 30.3 Å². The van der Waals surface area contributed by atoms with Gasteiger partial charge in [0.25, 0.3) is 0 Å². The number of aryl methyl sites for hydroxylation is 1. The summed E-state index contributed by atoms with van der Waals surface area (Å²) in [5.74, 6) is -4.64. The normalized spacial score (nSPS) is 11.9. The highest BCUT2D eigenvalue weighted by molar-refractivity contribution is 5.89. The molecule has 4 aromatic rings. The molecule has 0 nitrogen and oxygen atoms in total. The van der Waals surface area contributed by atoms with E-state index in [4.69, 9.17) is 0 Å². The van der Waals surface area contributed by atoms with Crippen LogP contribution in [0.3, 0.4) is 0 Å². The van der Waals surface area contributed by atoms with Crippen LogP contribution in [0.15, 0.2) is 60.7 Å². The van der Waals surface area contributed by atoms with Crippen molar-refractivity contribution >= 4 is 10.8 Å². The molecule has 0 fully saturated rings. The minimum Gasteiger partial charge on any atom is -0.206 e. The molecular weight excluding hydrogens is 469 g/mol. The highest BCUT2D eigenvalue weighted by atomic mass is 19.4. The van der Waals surface area contributed by atoms with Crippen molar-refractivity contribution in [2.45, 2.75) is 38.8 Å². The van der Waals surface area contributed by atoms with Crippen molar-refractivity contribution in [1.82, 2.24) is 0 Å². The van der Waals surface area contributed by atoms with Crippen LogP contribution in [0.25, 0.3) is 33.0 Å². The van der Waals surface area contributed by atoms with Gasteiger partial charge in [0.1, 0.15) is 28.8 Å². The molecule has 0 spiro atoms. The summed E-state index contributed by atoms with van der Waals surface area (Å²) in [6.07, 6.45) is -1.37. The number of hydrogen-bond donors (Lipinski definition) is 0. The summed E-state index contributed by atoms with van der Waals surface area (Å²) in [7, 11) is 0. The lowest BCUT2D eigenvalue weighted by molar-refractivity contribution is -0.142. The van der Waals surface area contributed by atoms with Gasteiger partial charge < -0.3 is 0 Å². The maximum absolute atomic E-state index is 15.0. The van der Waals surface area contributed by atoms with Crippen molar-refractivity contribution in [3.63, 3.8) is 0 Å². The molecule has 0 bridgehead atoms. The number of benzene rings is 4. The Morgan fingerprint density at radius 3 is 1.91 bits per heavy atom. The van der Waals surface area contributed by atoms with E-state index in [1.807, 2.05) is 6.07 Å². The molecule has 0 aliphatic carbocycles. The number of halogens is 7. The van der Waals surface area contributed by atoms with Gasteiger partial charge in [-0.3, -0.25) is 0 Å². The van der Waals surface area contributed by atoms with E-state index in [-0.39, 0.29) is 22.1 Å². The summed E-state index contributed by atoms with van der Waals surface area (Å²) in [5.41, 5.74) is -0.277. The Kier molecular flexibility index (Phi) is 6.88. The van der Waals surface area contributed by atoms with Crippen LogP contribution in [0, 0.1) is 23.3 Å². The molecule has 4 aromatic carbocycles. The Labute approximate surface area is 198 Å². The Hall–Kier alpha value is -3.35. The Morgan fingerprint density at radius 1 is 0.657 bits per heavy atom. The average Bonchev–Trinajstić information content (AvgIpc) is 2.78. The van der Waals surface area contributed by atoms with Gasteiger partial charge >= 0.3 is 6.18 Å². The molecule has 0 aromatic heterocycles. The average molecular weight is 490 g/mol. The molecule has 0 aliphatic heterocycles. The van der Waals surface area contributed by atoms with Crippen LogP contribution in [0.1, 0.15) is 37.3 Å². The van der Waals surface area contributed by atoms with Crippen LogP contribution in [0.2, 0.25) is 0 Å². The van der Waals surface area contributed by atoms with Crippen LogP contribution in [0.4, 0.5) is 30.7 Å². The quantitative estimate of drug-likeness (QED) is 0.187. The first-order valence-electron chi connectivity index (χ1n) is 11.2. The van der Waals surface area contributed by atoms with Crippen molar-refractivity contribution in [2.24, 2.45) is 0 Å². The van der Waals surface area contributed by atoms with Gasteiger partial charge in [-0.15, -0.1) is 0 Å². The van der Waals surface area contributed by atoms with E-state index in [9.17, 15) is 30.7 Å². The van der Waals surface area contributed by atoms with Gasteiger partial charge in [0.2, 0.25) is 0 Å². The van der Waals surface area contributed by atoms with Gasteiger partial charge in [0.05, 0.1) is 0 Å². The predicted molar refractivity (Wildman–Crippen MR) is 123 cm³/mol. The second-order valence-corrected chi connectivity index (χ2v) is 8.45. The Bertz CT molecular complexity index is 1390. The minimum atomic E-state index is -5.19. The number of hydrogen-bond acceptors (Lipinski definition) is 0. The maximum atomic E-state index is 15.0. The lowest BCUT2D eigenvalue weighted by Crippen LogP contribution is -2.11. The molecule has 0 heterocycles. The van der Waals surface area contributed by atoms with E-state index in [2.05, 4.69) is 6.92 Å². The van der Waals surface area contributed by atoms with Gasteiger partial charge in [-0.05, 0) is 59.2 Å². The summed E-state index contributed by atoms with van der Waals surface area (Å²) in [6, 6.07) is 13.0. The van der Waals surface area contributed by atoms with Crippen LogP contribution < -0.4 is 0 Å². The molecular formula is C28H21F7. The standard InChI is InChI=1S/C28H21F7/c1-2-3-4-5-16-6-9-20(23(29)12-16)18-7-10-21(24(30)14-18)17-8-11-22-19(13-17)15-25(31)26(27(22)32)28(33,34)35/h6-15H,2-5H2,1H3. The molecule has 0 radical (unpaired) electrons. The van der Waals surface area contributed by atoms with Gasteiger partial charge in [-0.25, -0.2) is 17.6 Å². The highest BCUT2D eigenvalue weighted by Gasteiger charge is 2.38. The lowest BCUT2D eigenvalue weighted by atomic mass is 9.95. The molecule has 0 aliphatic rings. The summed E-state index contributed by atoms with van der Waals surface area (Å²) in [6.45, 7) is 2.08. The minimum absolute atomic E-state index is 0.0629. The smallest absolute Gasteiger partial charge is 0.206 e. The van der Waals surface area contributed by atoms with Crippen molar-refractivity contribution < 1.29 is 30.7 Å². The van der Waals surface area contributed by atoms with Crippen molar-refractivity contribution in [3.05, 3.63) is 95.1 Å². The van der Waals surface area contributed by atoms with Crippen molar-refractivity contribution in [3.8, 4) is 22.3 Å². The van der Waals surface area contributed by atoms with Crippen LogP contribution in [0.5, 0.6) is 0 Å². The SMILES string of the molecule is CCCCCc1ccc(-c2ccc(-c3ccc4c(F)c(C(F)(F)F)c(F)cc4c3)c(F)c2)c(F)c1. The van der Waals surface area contributed by atoms with Crippen molar-refractivity contribution in [1.29, 1.82) is 0 Å². The first kappa shape index (κ1) is 24.8. The summed E-state index contributed by atoms with van der Waals surface area (Å²) in [5, 5.41) is -0.570. The van der Waals surface area contributed by atoms with Gasteiger partial charge in [-0.1, -0.05) is 56.2 Å². The largest absolute Gasteiger partial charge is 0.422 e. The van der Waals surface area contributed by atoms with E-state index in [0.29, 0.717) is 11.6 Å². The zero-order valence-electron chi connectivity index (χ0n) is 18.7. The molecule has 182 valence electrons. The number of alkyl halides is 3. The molecule has 4 rings (SSSR count). The van der Waals surface area contributed by atoms with E-state index >= 15 is 0 Å². The summed E-state index contributed by atoms with van der Waals surface area (Å²) in [4.78, 5) is 0. The molecule has 0 unspecified atom stereocenters. The van der Waals surface area contributed by atoms with E-state index in [0.717, 1.165) is 43.4 Å². The van der Waals surface area contributed by atoms with Crippen molar-refractivity contribution in [2.75, 3.05) is 0 Å². The fraction of sp³-hybridized carbons (Fsp3) is 0.214. The maximum Gasteiger partial charge on any atom is 0.422 e. The topological polar surface area (TPSA) is 0 Å².